The molecule has 1 amide bonds. The number of rotatable bonds is 3. The molecule has 98 valence electrons. The van der Waals surface area contributed by atoms with Gasteiger partial charge in [-0.3, -0.25) is 4.79 Å². The zero-order chi connectivity index (χ0) is 13.8. The highest BCUT2D eigenvalue weighted by Crippen LogP contribution is 2.17. The summed E-state index contributed by atoms with van der Waals surface area (Å²) in [6.45, 7) is 0. The Hall–Kier alpha value is -2.36. The Balaban J connectivity index is 2.21. The number of hydrogen-bond acceptors (Lipinski definition) is 2. The summed E-state index contributed by atoms with van der Waals surface area (Å²) in [7, 11) is 3.79. The van der Waals surface area contributed by atoms with Crippen LogP contribution in [0.4, 0.5) is 15.8 Å². The molecule has 3 nitrogen and oxygen atoms in total. The topological polar surface area (TPSA) is 32.3 Å². The summed E-state index contributed by atoms with van der Waals surface area (Å²) < 4.78 is 13.5. The smallest absolute Gasteiger partial charge is 0.255 e. The predicted octanol–water partition coefficient (Wildman–Crippen LogP) is 3.14. The molecule has 0 aliphatic carbocycles. The fourth-order valence-corrected chi connectivity index (χ4v) is 1.68. The fraction of sp³-hybridized carbons (Fsp3) is 0.133. The lowest BCUT2D eigenvalue weighted by molar-refractivity contribution is 0.102. The highest BCUT2D eigenvalue weighted by Gasteiger charge is 2.09. The predicted molar refractivity (Wildman–Crippen MR) is 75.1 cm³/mol. The summed E-state index contributed by atoms with van der Waals surface area (Å²) >= 11 is 0. The number of para-hydroxylation sites is 1. The van der Waals surface area contributed by atoms with Crippen molar-refractivity contribution in [2.24, 2.45) is 0 Å². The van der Waals surface area contributed by atoms with Crippen molar-refractivity contribution in [3.63, 3.8) is 0 Å². The normalized spacial score (nSPS) is 10.1. The molecule has 19 heavy (non-hydrogen) atoms. The number of nitrogens with zero attached hydrogens (tertiary/aromatic N) is 1. The summed E-state index contributed by atoms with van der Waals surface area (Å²) in [6.07, 6.45) is 0. The minimum atomic E-state index is -0.445. The average molecular weight is 258 g/mol. The monoisotopic (exact) mass is 258 g/mol. The number of halogens is 1. The molecule has 0 fully saturated rings. The quantitative estimate of drug-likeness (QED) is 0.917. The van der Waals surface area contributed by atoms with Gasteiger partial charge in [0, 0.05) is 25.3 Å². The summed E-state index contributed by atoms with van der Waals surface area (Å²) in [6, 6.07) is 13.3. The molecule has 0 aliphatic heterocycles. The van der Waals surface area contributed by atoms with Gasteiger partial charge in [0.2, 0.25) is 0 Å². The van der Waals surface area contributed by atoms with Gasteiger partial charge in [-0.2, -0.15) is 0 Å². The van der Waals surface area contributed by atoms with Crippen LogP contribution in [-0.4, -0.2) is 20.0 Å². The van der Waals surface area contributed by atoms with E-state index in [1.54, 1.807) is 30.3 Å². The van der Waals surface area contributed by atoms with Gasteiger partial charge in [0.15, 0.2) is 0 Å². The zero-order valence-electron chi connectivity index (χ0n) is 10.9. The van der Waals surface area contributed by atoms with Gasteiger partial charge in [0.25, 0.3) is 5.91 Å². The van der Waals surface area contributed by atoms with Crippen LogP contribution in [0.2, 0.25) is 0 Å². The van der Waals surface area contributed by atoms with Crippen LogP contribution in [0.15, 0.2) is 48.5 Å². The molecule has 4 heteroatoms. The van der Waals surface area contributed by atoms with Crippen molar-refractivity contribution >= 4 is 17.3 Å². The second kappa shape index (κ2) is 5.52. The minimum absolute atomic E-state index is 0.183. The molecule has 2 rings (SSSR count). The summed E-state index contributed by atoms with van der Waals surface area (Å²) in [5, 5.41) is 2.56. The molecular weight excluding hydrogens is 243 g/mol. The van der Waals surface area contributed by atoms with E-state index >= 15 is 0 Å². The van der Waals surface area contributed by atoms with E-state index < -0.39 is 5.82 Å². The Morgan fingerprint density at radius 3 is 2.53 bits per heavy atom. The maximum Gasteiger partial charge on any atom is 0.255 e. The van der Waals surface area contributed by atoms with E-state index in [9.17, 15) is 9.18 Å². The second-order valence-corrected chi connectivity index (χ2v) is 4.38. The third-order valence-electron chi connectivity index (χ3n) is 2.75. The number of hydrogen-bond donors (Lipinski definition) is 1. The van der Waals surface area contributed by atoms with Crippen molar-refractivity contribution in [1.29, 1.82) is 0 Å². The first kappa shape index (κ1) is 13.1. The SMILES string of the molecule is CN(C)c1cccc(C(=O)Nc2ccccc2F)c1. The molecule has 0 saturated carbocycles. The Labute approximate surface area is 111 Å². The fourth-order valence-electron chi connectivity index (χ4n) is 1.68. The van der Waals surface area contributed by atoms with Crippen LogP contribution in [0.25, 0.3) is 0 Å². The van der Waals surface area contributed by atoms with Crippen LogP contribution >= 0.6 is 0 Å². The van der Waals surface area contributed by atoms with Crippen LogP contribution in [-0.2, 0) is 0 Å². The number of amides is 1. The molecule has 0 unspecified atom stereocenters. The molecule has 2 aromatic carbocycles. The number of anilines is 2. The van der Waals surface area contributed by atoms with Gasteiger partial charge in [-0.1, -0.05) is 18.2 Å². The first-order chi connectivity index (χ1) is 9.08. The standard InChI is InChI=1S/C15H15FN2O/c1-18(2)12-7-5-6-11(10-12)15(19)17-14-9-4-3-8-13(14)16/h3-10H,1-2H3,(H,17,19). The molecule has 0 atom stereocenters. The van der Waals surface area contributed by atoms with Crippen LogP contribution in [0.3, 0.4) is 0 Å². The van der Waals surface area contributed by atoms with Gasteiger partial charge in [-0.15, -0.1) is 0 Å². The van der Waals surface area contributed by atoms with E-state index in [-0.39, 0.29) is 11.6 Å². The van der Waals surface area contributed by atoms with Gasteiger partial charge < -0.3 is 10.2 Å². The van der Waals surface area contributed by atoms with E-state index in [0.717, 1.165) is 5.69 Å². The molecule has 0 spiro atoms. The number of carbonyl (C=O) groups excluding carboxylic acids is 1. The van der Waals surface area contributed by atoms with E-state index in [0.29, 0.717) is 5.56 Å². The van der Waals surface area contributed by atoms with Gasteiger partial charge >= 0.3 is 0 Å². The lowest BCUT2D eigenvalue weighted by Gasteiger charge is -2.13. The molecule has 0 bridgehead atoms. The molecule has 0 heterocycles. The Morgan fingerprint density at radius 1 is 1.11 bits per heavy atom. The van der Waals surface area contributed by atoms with Crippen molar-refractivity contribution in [2.75, 3.05) is 24.3 Å². The van der Waals surface area contributed by atoms with Crippen LogP contribution in [0.1, 0.15) is 10.4 Å². The number of benzene rings is 2. The summed E-state index contributed by atoms with van der Waals surface area (Å²) in [5.74, 6) is -0.770. The van der Waals surface area contributed by atoms with E-state index in [2.05, 4.69) is 5.32 Å². The summed E-state index contributed by atoms with van der Waals surface area (Å²) in [4.78, 5) is 13.9. The lowest BCUT2D eigenvalue weighted by atomic mass is 10.1. The maximum absolute atomic E-state index is 13.5. The number of nitrogens with one attached hydrogen (secondary N) is 1. The van der Waals surface area contributed by atoms with Crippen molar-refractivity contribution in [3.8, 4) is 0 Å². The highest BCUT2D eigenvalue weighted by molar-refractivity contribution is 6.04. The first-order valence-corrected chi connectivity index (χ1v) is 5.91. The molecule has 1 N–H and O–H groups in total. The van der Waals surface area contributed by atoms with Crippen molar-refractivity contribution in [1.82, 2.24) is 0 Å². The van der Waals surface area contributed by atoms with E-state index in [4.69, 9.17) is 0 Å². The number of carbonyl (C=O) groups is 1. The molecule has 0 saturated heterocycles. The maximum atomic E-state index is 13.5. The molecule has 2 aromatic rings. The van der Waals surface area contributed by atoms with Gasteiger partial charge in [-0.25, -0.2) is 4.39 Å². The minimum Gasteiger partial charge on any atom is -0.378 e. The summed E-state index contributed by atoms with van der Waals surface area (Å²) in [5.41, 5.74) is 1.60. The second-order valence-electron chi connectivity index (χ2n) is 4.38. The van der Waals surface area contributed by atoms with Crippen LogP contribution in [0.5, 0.6) is 0 Å². The largest absolute Gasteiger partial charge is 0.378 e. The van der Waals surface area contributed by atoms with E-state index in [1.807, 2.05) is 25.1 Å². The molecule has 0 aliphatic rings. The Morgan fingerprint density at radius 2 is 1.84 bits per heavy atom. The lowest BCUT2D eigenvalue weighted by Crippen LogP contribution is -2.14. The van der Waals surface area contributed by atoms with Gasteiger partial charge in [0.1, 0.15) is 5.82 Å². The van der Waals surface area contributed by atoms with Gasteiger partial charge in [0.05, 0.1) is 5.69 Å². The Bertz CT molecular complexity index is 596. The van der Waals surface area contributed by atoms with Crippen molar-refractivity contribution in [2.45, 2.75) is 0 Å². The molecular formula is C15H15FN2O. The average Bonchev–Trinajstić information content (AvgIpc) is 2.41. The highest BCUT2D eigenvalue weighted by atomic mass is 19.1. The van der Waals surface area contributed by atoms with Gasteiger partial charge in [-0.05, 0) is 30.3 Å². The zero-order valence-corrected chi connectivity index (χ0v) is 10.9. The third-order valence-corrected chi connectivity index (χ3v) is 2.75. The molecule has 0 radical (unpaired) electrons. The van der Waals surface area contributed by atoms with Crippen molar-refractivity contribution in [3.05, 3.63) is 59.9 Å². The molecule has 0 aromatic heterocycles. The van der Waals surface area contributed by atoms with Crippen LogP contribution < -0.4 is 10.2 Å². The van der Waals surface area contributed by atoms with Crippen molar-refractivity contribution < 1.29 is 9.18 Å². The third kappa shape index (κ3) is 3.10. The Kier molecular flexibility index (Phi) is 3.80. The van der Waals surface area contributed by atoms with E-state index in [1.165, 1.54) is 12.1 Å². The van der Waals surface area contributed by atoms with Crippen LogP contribution in [0, 0.1) is 5.82 Å². The first-order valence-electron chi connectivity index (χ1n) is 5.91.